The van der Waals surface area contributed by atoms with E-state index in [9.17, 15) is 0 Å². The van der Waals surface area contributed by atoms with Crippen molar-refractivity contribution >= 4 is 0 Å². The maximum Gasteiger partial charge on any atom is 0.146 e. The zero-order valence-electron chi connectivity index (χ0n) is 10.9. The van der Waals surface area contributed by atoms with Crippen LogP contribution in [-0.2, 0) is 13.6 Å². The van der Waals surface area contributed by atoms with E-state index in [0.717, 1.165) is 11.6 Å². The first-order chi connectivity index (χ1) is 8.70. The van der Waals surface area contributed by atoms with Gasteiger partial charge in [0.05, 0.1) is 13.7 Å². The van der Waals surface area contributed by atoms with Crippen LogP contribution >= 0.6 is 0 Å². The van der Waals surface area contributed by atoms with Crippen LogP contribution in [0.3, 0.4) is 0 Å². The lowest BCUT2D eigenvalue weighted by Gasteiger charge is -2.14. The molecule has 0 saturated heterocycles. The number of hydrogen-bond donors (Lipinski definition) is 1. The molecule has 0 unspecified atom stereocenters. The van der Waals surface area contributed by atoms with Crippen LogP contribution in [0.5, 0.6) is 5.75 Å². The molecule has 0 saturated carbocycles. The third-order valence-corrected chi connectivity index (χ3v) is 2.99. The zero-order valence-corrected chi connectivity index (χ0v) is 10.9. The lowest BCUT2D eigenvalue weighted by Crippen LogP contribution is -2.20. The Morgan fingerprint density at radius 3 is 2.61 bits per heavy atom. The van der Waals surface area contributed by atoms with Gasteiger partial charge in [0, 0.05) is 13.1 Å². The number of methoxy groups -OCH3 is 1. The smallest absolute Gasteiger partial charge is 0.146 e. The summed E-state index contributed by atoms with van der Waals surface area (Å²) in [5, 5.41) is 11.3. The van der Waals surface area contributed by atoms with Gasteiger partial charge in [0.15, 0.2) is 0 Å². The second-order valence-electron chi connectivity index (χ2n) is 4.23. The van der Waals surface area contributed by atoms with Crippen LogP contribution in [-0.4, -0.2) is 21.9 Å². The number of nitrogens with zero attached hydrogens (tertiary/aromatic N) is 3. The average Bonchev–Trinajstić information content (AvgIpc) is 2.81. The van der Waals surface area contributed by atoms with E-state index in [1.54, 1.807) is 13.4 Å². The molecule has 0 aliphatic heterocycles. The van der Waals surface area contributed by atoms with Gasteiger partial charge in [-0.25, -0.2) is 0 Å². The standard InChI is InChI=1S/C13H18N4O/c1-10(11-4-6-12(18-3)7-5-11)14-8-13-16-15-9-17(13)2/h4-7,9-10,14H,8H2,1-3H3/t10-/m0/s1. The van der Waals surface area contributed by atoms with Gasteiger partial charge in [0.1, 0.15) is 17.9 Å². The summed E-state index contributed by atoms with van der Waals surface area (Å²) in [7, 11) is 3.61. The fourth-order valence-corrected chi connectivity index (χ4v) is 1.72. The van der Waals surface area contributed by atoms with Crippen LogP contribution in [0.4, 0.5) is 0 Å². The van der Waals surface area contributed by atoms with Crippen molar-refractivity contribution in [2.24, 2.45) is 7.05 Å². The Bertz CT molecular complexity index is 492. The highest BCUT2D eigenvalue weighted by molar-refractivity contribution is 5.28. The van der Waals surface area contributed by atoms with Gasteiger partial charge < -0.3 is 14.6 Å². The number of aromatic nitrogens is 3. The fraction of sp³-hybridized carbons (Fsp3) is 0.385. The van der Waals surface area contributed by atoms with Gasteiger partial charge in [-0.2, -0.15) is 0 Å². The highest BCUT2D eigenvalue weighted by Gasteiger charge is 2.07. The van der Waals surface area contributed by atoms with Crippen molar-refractivity contribution < 1.29 is 4.74 Å². The summed E-state index contributed by atoms with van der Waals surface area (Å²) >= 11 is 0. The van der Waals surface area contributed by atoms with Gasteiger partial charge in [-0.05, 0) is 24.6 Å². The summed E-state index contributed by atoms with van der Waals surface area (Å²) in [6.07, 6.45) is 1.70. The van der Waals surface area contributed by atoms with E-state index in [-0.39, 0.29) is 6.04 Å². The SMILES string of the molecule is COc1ccc([C@H](C)NCc2nncn2C)cc1. The Hall–Kier alpha value is -1.88. The lowest BCUT2D eigenvalue weighted by molar-refractivity contribution is 0.414. The largest absolute Gasteiger partial charge is 0.497 e. The van der Waals surface area contributed by atoms with Crippen LogP contribution in [0.15, 0.2) is 30.6 Å². The second-order valence-corrected chi connectivity index (χ2v) is 4.23. The Kier molecular flexibility index (Phi) is 3.94. The molecule has 2 rings (SSSR count). The highest BCUT2D eigenvalue weighted by Crippen LogP contribution is 2.17. The molecule has 0 aliphatic carbocycles. The van der Waals surface area contributed by atoms with E-state index in [4.69, 9.17) is 4.74 Å². The number of benzene rings is 1. The predicted molar refractivity (Wildman–Crippen MR) is 69.3 cm³/mol. The van der Waals surface area contributed by atoms with Crippen molar-refractivity contribution in [2.45, 2.75) is 19.5 Å². The molecule has 1 aromatic carbocycles. The Labute approximate surface area is 107 Å². The Balaban J connectivity index is 1.94. The lowest BCUT2D eigenvalue weighted by atomic mass is 10.1. The molecule has 5 nitrogen and oxygen atoms in total. The molecule has 1 N–H and O–H groups in total. The zero-order chi connectivity index (χ0) is 13.0. The van der Waals surface area contributed by atoms with Gasteiger partial charge in [-0.3, -0.25) is 0 Å². The summed E-state index contributed by atoms with van der Waals surface area (Å²) < 4.78 is 7.05. The number of hydrogen-bond acceptors (Lipinski definition) is 4. The number of rotatable bonds is 5. The number of ether oxygens (including phenoxy) is 1. The van der Waals surface area contributed by atoms with E-state index in [1.807, 2.05) is 23.7 Å². The van der Waals surface area contributed by atoms with Crippen molar-refractivity contribution in [2.75, 3.05) is 7.11 Å². The Morgan fingerprint density at radius 2 is 2.06 bits per heavy atom. The molecule has 2 aromatic rings. The molecular weight excluding hydrogens is 228 g/mol. The molecule has 0 radical (unpaired) electrons. The normalized spacial score (nSPS) is 12.4. The van der Waals surface area contributed by atoms with Gasteiger partial charge in [-0.15, -0.1) is 10.2 Å². The average molecular weight is 246 g/mol. The van der Waals surface area contributed by atoms with Crippen molar-refractivity contribution in [1.82, 2.24) is 20.1 Å². The third kappa shape index (κ3) is 2.87. The van der Waals surface area contributed by atoms with E-state index in [0.29, 0.717) is 6.54 Å². The molecule has 0 aliphatic rings. The van der Waals surface area contributed by atoms with Crippen molar-refractivity contribution in [3.05, 3.63) is 42.0 Å². The van der Waals surface area contributed by atoms with Gasteiger partial charge in [0.25, 0.3) is 0 Å². The second kappa shape index (κ2) is 5.64. The monoisotopic (exact) mass is 246 g/mol. The first-order valence-electron chi connectivity index (χ1n) is 5.91. The first-order valence-corrected chi connectivity index (χ1v) is 5.91. The van der Waals surface area contributed by atoms with Crippen molar-refractivity contribution in [1.29, 1.82) is 0 Å². The molecule has 1 atom stereocenters. The molecule has 0 fully saturated rings. The van der Waals surface area contributed by atoms with E-state index >= 15 is 0 Å². The Morgan fingerprint density at radius 1 is 1.33 bits per heavy atom. The molecule has 5 heteroatoms. The summed E-state index contributed by atoms with van der Waals surface area (Å²) in [6, 6.07) is 8.32. The quantitative estimate of drug-likeness (QED) is 0.872. The van der Waals surface area contributed by atoms with Gasteiger partial charge in [0.2, 0.25) is 0 Å². The molecular formula is C13H18N4O. The number of aryl methyl sites for hydroxylation is 1. The van der Waals surface area contributed by atoms with E-state index in [2.05, 4.69) is 34.6 Å². The summed E-state index contributed by atoms with van der Waals surface area (Å²) in [6.45, 7) is 2.82. The van der Waals surface area contributed by atoms with Crippen LogP contribution in [0, 0.1) is 0 Å². The van der Waals surface area contributed by atoms with Gasteiger partial charge in [-0.1, -0.05) is 12.1 Å². The fourth-order valence-electron chi connectivity index (χ4n) is 1.72. The summed E-state index contributed by atoms with van der Waals surface area (Å²) in [5.41, 5.74) is 1.22. The topological polar surface area (TPSA) is 52.0 Å². The van der Waals surface area contributed by atoms with Crippen LogP contribution in [0.2, 0.25) is 0 Å². The molecule has 18 heavy (non-hydrogen) atoms. The first kappa shape index (κ1) is 12.6. The minimum Gasteiger partial charge on any atom is -0.497 e. The van der Waals surface area contributed by atoms with Crippen LogP contribution in [0.1, 0.15) is 24.4 Å². The van der Waals surface area contributed by atoms with Gasteiger partial charge >= 0.3 is 0 Å². The predicted octanol–water partition coefficient (Wildman–Crippen LogP) is 1.67. The molecule has 96 valence electrons. The van der Waals surface area contributed by atoms with Crippen molar-refractivity contribution in [3.63, 3.8) is 0 Å². The molecule has 0 bridgehead atoms. The van der Waals surface area contributed by atoms with Crippen LogP contribution < -0.4 is 10.1 Å². The maximum atomic E-state index is 5.14. The molecule has 1 heterocycles. The van der Waals surface area contributed by atoms with Crippen LogP contribution in [0.25, 0.3) is 0 Å². The summed E-state index contributed by atoms with van der Waals surface area (Å²) in [5.74, 6) is 1.80. The van der Waals surface area contributed by atoms with E-state index in [1.165, 1.54) is 5.56 Å². The van der Waals surface area contributed by atoms with Crippen molar-refractivity contribution in [3.8, 4) is 5.75 Å². The summed E-state index contributed by atoms with van der Waals surface area (Å²) in [4.78, 5) is 0. The highest BCUT2D eigenvalue weighted by atomic mass is 16.5. The molecule has 1 aromatic heterocycles. The minimum atomic E-state index is 0.257. The minimum absolute atomic E-state index is 0.257. The third-order valence-electron chi connectivity index (χ3n) is 2.99. The molecule has 0 amide bonds. The maximum absolute atomic E-state index is 5.14. The van der Waals surface area contributed by atoms with E-state index < -0.39 is 0 Å². The molecule has 0 spiro atoms. The number of nitrogens with one attached hydrogen (secondary N) is 1.